The van der Waals surface area contributed by atoms with Gasteiger partial charge in [0.1, 0.15) is 6.04 Å². The zero-order valence-corrected chi connectivity index (χ0v) is 23.5. The van der Waals surface area contributed by atoms with Crippen LogP contribution in [0.15, 0.2) is 78.9 Å². The molecule has 0 aliphatic carbocycles. The molecule has 0 aliphatic rings. The highest BCUT2D eigenvalue weighted by Crippen LogP contribution is 2.22. The highest BCUT2D eigenvalue weighted by atomic mass is 35.5. The first-order valence-electron chi connectivity index (χ1n) is 12.4. The number of rotatable bonds is 12. The summed E-state index contributed by atoms with van der Waals surface area (Å²) in [5.41, 5.74) is 3.39. The van der Waals surface area contributed by atoms with E-state index in [9.17, 15) is 18.0 Å². The van der Waals surface area contributed by atoms with Crippen molar-refractivity contribution < 1.29 is 18.0 Å². The average Bonchev–Trinajstić information content (AvgIpc) is 2.88. The van der Waals surface area contributed by atoms with Gasteiger partial charge in [-0.15, -0.1) is 0 Å². The molecule has 38 heavy (non-hydrogen) atoms. The highest BCUT2D eigenvalue weighted by molar-refractivity contribution is 7.92. The number of nitrogens with one attached hydrogen (secondary N) is 1. The SMILES string of the molecule is CNC(=O)[C@H](Cc1ccccc1)N(Cc1cccc(C)c1)C(=O)CCCN(c1ccc(Cl)cc1)S(C)(=O)=O. The summed E-state index contributed by atoms with van der Waals surface area (Å²) in [6.07, 6.45) is 1.85. The van der Waals surface area contributed by atoms with E-state index in [1.165, 1.54) is 4.31 Å². The maximum Gasteiger partial charge on any atom is 0.242 e. The van der Waals surface area contributed by atoms with Gasteiger partial charge in [0.05, 0.1) is 11.9 Å². The van der Waals surface area contributed by atoms with E-state index < -0.39 is 16.1 Å². The minimum atomic E-state index is -3.58. The quantitative estimate of drug-likeness (QED) is 0.354. The Morgan fingerprint density at radius 2 is 1.61 bits per heavy atom. The van der Waals surface area contributed by atoms with Crippen LogP contribution in [0.4, 0.5) is 5.69 Å². The second-order valence-corrected chi connectivity index (χ2v) is 11.6. The number of carbonyl (C=O) groups is 2. The zero-order chi connectivity index (χ0) is 27.7. The number of aryl methyl sites for hydroxylation is 1. The van der Waals surface area contributed by atoms with E-state index in [1.807, 2.05) is 61.5 Å². The molecule has 0 aliphatic heterocycles. The third kappa shape index (κ3) is 8.33. The highest BCUT2D eigenvalue weighted by Gasteiger charge is 2.30. The number of carbonyl (C=O) groups excluding carboxylic acids is 2. The van der Waals surface area contributed by atoms with E-state index in [1.54, 1.807) is 36.2 Å². The largest absolute Gasteiger partial charge is 0.357 e. The fraction of sp³-hybridized carbons (Fsp3) is 0.310. The first-order valence-corrected chi connectivity index (χ1v) is 14.6. The molecule has 7 nitrogen and oxygen atoms in total. The van der Waals surface area contributed by atoms with Crippen molar-refractivity contribution in [2.75, 3.05) is 24.2 Å². The van der Waals surface area contributed by atoms with E-state index in [-0.39, 0.29) is 37.7 Å². The van der Waals surface area contributed by atoms with Crippen molar-refractivity contribution in [2.45, 2.75) is 38.8 Å². The number of nitrogens with zero attached hydrogens (tertiary/aromatic N) is 2. The molecule has 9 heteroatoms. The van der Waals surface area contributed by atoms with E-state index >= 15 is 0 Å². The molecule has 0 saturated carbocycles. The van der Waals surface area contributed by atoms with Gasteiger partial charge in [0, 0.05) is 38.0 Å². The molecule has 3 aromatic rings. The number of likely N-dealkylation sites (N-methyl/N-ethyl adjacent to an activating group) is 1. The molecule has 0 radical (unpaired) electrons. The van der Waals surface area contributed by atoms with Crippen molar-refractivity contribution >= 4 is 39.1 Å². The van der Waals surface area contributed by atoms with Crippen molar-refractivity contribution in [3.8, 4) is 0 Å². The van der Waals surface area contributed by atoms with Gasteiger partial charge in [0.15, 0.2) is 0 Å². The summed E-state index contributed by atoms with van der Waals surface area (Å²) >= 11 is 5.96. The Morgan fingerprint density at radius 3 is 2.21 bits per heavy atom. The first kappa shape index (κ1) is 29.2. The van der Waals surface area contributed by atoms with Crippen LogP contribution in [0.5, 0.6) is 0 Å². The number of amides is 2. The third-order valence-corrected chi connectivity index (χ3v) is 7.67. The lowest BCUT2D eigenvalue weighted by Gasteiger charge is -2.31. The fourth-order valence-electron chi connectivity index (χ4n) is 4.34. The molecule has 0 aromatic heterocycles. The molecule has 3 rings (SSSR count). The zero-order valence-electron chi connectivity index (χ0n) is 21.9. The van der Waals surface area contributed by atoms with Gasteiger partial charge in [0.2, 0.25) is 21.8 Å². The van der Waals surface area contributed by atoms with Crippen LogP contribution in [0.3, 0.4) is 0 Å². The van der Waals surface area contributed by atoms with Crippen LogP contribution >= 0.6 is 11.6 Å². The van der Waals surface area contributed by atoms with E-state index in [0.717, 1.165) is 22.9 Å². The molecular formula is C29H34ClN3O4S. The van der Waals surface area contributed by atoms with E-state index in [4.69, 9.17) is 11.6 Å². The van der Waals surface area contributed by atoms with Gasteiger partial charge in [-0.25, -0.2) is 8.42 Å². The maximum absolute atomic E-state index is 13.7. The molecule has 2 amide bonds. The third-order valence-electron chi connectivity index (χ3n) is 6.22. The summed E-state index contributed by atoms with van der Waals surface area (Å²) in [6, 6.07) is 23.2. The second-order valence-electron chi connectivity index (χ2n) is 9.25. The lowest BCUT2D eigenvalue weighted by molar-refractivity contribution is -0.141. The first-order chi connectivity index (χ1) is 18.1. The molecule has 0 unspecified atom stereocenters. The Hall–Kier alpha value is -3.36. The van der Waals surface area contributed by atoms with Crippen molar-refractivity contribution in [1.29, 1.82) is 0 Å². The van der Waals surface area contributed by atoms with Crippen LogP contribution in [0, 0.1) is 6.92 Å². The number of anilines is 1. The van der Waals surface area contributed by atoms with Gasteiger partial charge in [0.25, 0.3) is 0 Å². The van der Waals surface area contributed by atoms with E-state index in [0.29, 0.717) is 17.1 Å². The predicted octanol–water partition coefficient (Wildman–Crippen LogP) is 4.58. The molecule has 0 heterocycles. The number of benzene rings is 3. The average molecular weight is 556 g/mol. The summed E-state index contributed by atoms with van der Waals surface area (Å²) in [4.78, 5) is 28.3. The fourth-order valence-corrected chi connectivity index (χ4v) is 5.43. The topological polar surface area (TPSA) is 86.8 Å². The van der Waals surface area contributed by atoms with Crippen molar-refractivity contribution in [3.63, 3.8) is 0 Å². The van der Waals surface area contributed by atoms with E-state index in [2.05, 4.69) is 5.32 Å². The van der Waals surface area contributed by atoms with Gasteiger partial charge in [-0.1, -0.05) is 71.8 Å². The van der Waals surface area contributed by atoms with Crippen LogP contribution in [-0.4, -0.2) is 51.0 Å². The Bertz CT molecular complexity index is 1330. The lowest BCUT2D eigenvalue weighted by Crippen LogP contribution is -2.49. The smallest absolute Gasteiger partial charge is 0.242 e. The van der Waals surface area contributed by atoms with Crippen LogP contribution < -0.4 is 9.62 Å². The summed E-state index contributed by atoms with van der Waals surface area (Å²) in [6.45, 7) is 2.36. The number of hydrogen-bond acceptors (Lipinski definition) is 4. The van der Waals surface area contributed by atoms with Crippen LogP contribution in [0.25, 0.3) is 0 Å². The molecule has 3 aromatic carbocycles. The van der Waals surface area contributed by atoms with Crippen molar-refractivity contribution in [3.05, 3.63) is 101 Å². The van der Waals surface area contributed by atoms with Gasteiger partial charge in [-0.3, -0.25) is 13.9 Å². The van der Waals surface area contributed by atoms with Crippen LogP contribution in [-0.2, 0) is 32.6 Å². The molecule has 202 valence electrons. The molecule has 0 fully saturated rings. The molecule has 0 saturated heterocycles. The summed E-state index contributed by atoms with van der Waals surface area (Å²) in [7, 11) is -2.01. The molecule has 0 spiro atoms. The number of hydrogen-bond donors (Lipinski definition) is 1. The van der Waals surface area contributed by atoms with Crippen LogP contribution in [0.1, 0.15) is 29.5 Å². The Morgan fingerprint density at radius 1 is 0.947 bits per heavy atom. The minimum Gasteiger partial charge on any atom is -0.357 e. The van der Waals surface area contributed by atoms with Crippen molar-refractivity contribution in [2.24, 2.45) is 0 Å². The number of sulfonamides is 1. The lowest BCUT2D eigenvalue weighted by atomic mass is 10.0. The molecule has 1 atom stereocenters. The molecular weight excluding hydrogens is 522 g/mol. The second kappa shape index (κ2) is 13.4. The maximum atomic E-state index is 13.7. The Balaban J connectivity index is 1.84. The Labute approximate surface area is 230 Å². The van der Waals surface area contributed by atoms with Gasteiger partial charge < -0.3 is 10.2 Å². The van der Waals surface area contributed by atoms with Crippen molar-refractivity contribution in [1.82, 2.24) is 10.2 Å². The summed E-state index contributed by atoms with van der Waals surface area (Å²) in [5, 5.41) is 3.21. The summed E-state index contributed by atoms with van der Waals surface area (Å²) in [5.74, 6) is -0.477. The molecule has 1 N–H and O–H groups in total. The monoisotopic (exact) mass is 555 g/mol. The predicted molar refractivity (Wildman–Crippen MR) is 153 cm³/mol. The van der Waals surface area contributed by atoms with Crippen LogP contribution in [0.2, 0.25) is 5.02 Å². The normalized spacial score (nSPS) is 12.0. The minimum absolute atomic E-state index is 0.0771. The standard InChI is InChI=1S/C29H34ClN3O4S/c1-22-9-7-12-24(19-22)21-32(27(29(35)31-2)20-23-10-5-4-6-11-23)28(34)13-8-18-33(38(3,36)37)26-16-14-25(30)15-17-26/h4-7,9-12,14-17,19,27H,8,13,18,20-21H2,1-3H3,(H,31,35)/t27-/m0/s1. The number of halogens is 1. The van der Waals surface area contributed by atoms with Gasteiger partial charge in [-0.2, -0.15) is 0 Å². The molecule has 0 bridgehead atoms. The summed E-state index contributed by atoms with van der Waals surface area (Å²) < 4.78 is 26.2. The van der Waals surface area contributed by atoms with Gasteiger partial charge in [-0.05, 0) is 48.7 Å². The Kier molecular flexibility index (Phi) is 10.3. The van der Waals surface area contributed by atoms with Gasteiger partial charge >= 0.3 is 0 Å².